The second-order valence-electron chi connectivity index (χ2n) is 15.1. The molecule has 214 valence electrons. The molecule has 1 N–H and O–H groups in total. The van der Waals surface area contributed by atoms with E-state index in [-0.39, 0.29) is 46.3 Å². The number of hydrogen-bond acceptors (Lipinski definition) is 5. The lowest BCUT2D eigenvalue weighted by atomic mass is 9.32. The van der Waals surface area contributed by atoms with Gasteiger partial charge < -0.3 is 14.6 Å². The molecule has 0 aromatic carbocycles. The van der Waals surface area contributed by atoms with Gasteiger partial charge >= 0.3 is 11.9 Å². The van der Waals surface area contributed by atoms with Gasteiger partial charge in [-0.25, -0.2) is 4.79 Å². The minimum Gasteiger partial charge on any atom is -0.466 e. The van der Waals surface area contributed by atoms with Gasteiger partial charge in [0.05, 0.1) is 18.6 Å². The van der Waals surface area contributed by atoms with E-state index in [1.165, 1.54) is 26.4 Å². The molecule has 0 amide bonds. The average molecular weight is 529 g/mol. The van der Waals surface area contributed by atoms with Crippen LogP contribution in [0.25, 0.3) is 0 Å². The Kier molecular flexibility index (Phi) is 6.93. The minimum atomic E-state index is -0.496. The van der Waals surface area contributed by atoms with E-state index in [9.17, 15) is 14.7 Å². The van der Waals surface area contributed by atoms with Crippen molar-refractivity contribution < 1.29 is 24.2 Å². The number of hydrogen-bond donors (Lipinski definition) is 1. The molecule has 0 aromatic rings. The van der Waals surface area contributed by atoms with Gasteiger partial charge in [-0.2, -0.15) is 0 Å². The summed E-state index contributed by atoms with van der Waals surface area (Å²) in [4.78, 5) is 25.6. The fraction of sp³-hybridized carbons (Fsp3) is 0.879. The Hall–Kier alpha value is -1.36. The van der Waals surface area contributed by atoms with E-state index in [4.69, 9.17) is 9.47 Å². The molecule has 0 saturated heterocycles. The number of allylic oxidation sites excluding steroid dienone is 2. The summed E-state index contributed by atoms with van der Waals surface area (Å²) in [5.41, 5.74) is 0.0785. The minimum absolute atomic E-state index is 0.0420. The molecule has 5 fully saturated rings. The zero-order valence-electron chi connectivity index (χ0n) is 25.0. The number of aliphatic hydroxyl groups excluding tert-OH is 1. The Labute approximate surface area is 230 Å². The number of methoxy groups -OCH3 is 1. The van der Waals surface area contributed by atoms with E-state index < -0.39 is 11.4 Å². The van der Waals surface area contributed by atoms with Gasteiger partial charge in [0, 0.05) is 0 Å². The van der Waals surface area contributed by atoms with Crippen LogP contribution in [0.1, 0.15) is 106 Å². The number of carbonyl (C=O) groups excluding carboxylic acids is 2. The van der Waals surface area contributed by atoms with Crippen LogP contribution in [0.3, 0.4) is 0 Å². The Morgan fingerprint density at radius 3 is 2.29 bits per heavy atom. The van der Waals surface area contributed by atoms with Gasteiger partial charge in [-0.1, -0.05) is 46.8 Å². The highest BCUT2D eigenvalue weighted by Crippen LogP contribution is 2.77. The molecule has 0 bridgehead atoms. The van der Waals surface area contributed by atoms with E-state index in [0.29, 0.717) is 23.7 Å². The van der Waals surface area contributed by atoms with Gasteiger partial charge in [-0.15, -0.1) is 0 Å². The first-order chi connectivity index (χ1) is 17.8. The lowest BCUT2D eigenvalue weighted by molar-refractivity contribution is -0.248. The van der Waals surface area contributed by atoms with Crippen molar-refractivity contribution in [1.82, 2.24) is 0 Å². The molecule has 5 rings (SSSR count). The first-order valence-corrected chi connectivity index (χ1v) is 15.4. The molecule has 38 heavy (non-hydrogen) atoms. The fourth-order valence-corrected chi connectivity index (χ4v) is 11.8. The largest absolute Gasteiger partial charge is 0.466 e. The van der Waals surface area contributed by atoms with E-state index in [1.807, 2.05) is 0 Å². The summed E-state index contributed by atoms with van der Waals surface area (Å²) in [7, 11) is 1.34. The summed E-state index contributed by atoms with van der Waals surface area (Å²) >= 11 is 0. The van der Waals surface area contributed by atoms with Crippen molar-refractivity contribution >= 4 is 11.9 Å². The van der Waals surface area contributed by atoms with Crippen LogP contribution in [0.5, 0.6) is 0 Å². The highest BCUT2D eigenvalue weighted by molar-refractivity contribution is 5.81. The van der Waals surface area contributed by atoms with Gasteiger partial charge in [0.25, 0.3) is 0 Å². The molecule has 0 spiro atoms. The molecular formula is C33H52O5. The third kappa shape index (κ3) is 3.65. The van der Waals surface area contributed by atoms with Crippen LogP contribution in [0.2, 0.25) is 0 Å². The van der Waals surface area contributed by atoms with E-state index in [2.05, 4.69) is 53.7 Å². The Morgan fingerprint density at radius 2 is 1.61 bits per heavy atom. The molecule has 4 unspecified atom stereocenters. The predicted octanol–water partition coefficient (Wildman–Crippen LogP) is 6.72. The second-order valence-corrected chi connectivity index (χ2v) is 15.1. The number of carbonyl (C=O) groups is 2. The monoisotopic (exact) mass is 528 g/mol. The molecular weight excluding hydrogens is 476 g/mol. The molecule has 0 heterocycles. The van der Waals surface area contributed by atoms with Crippen molar-refractivity contribution in [2.45, 2.75) is 112 Å². The summed E-state index contributed by atoms with van der Waals surface area (Å²) in [6.45, 7) is 14.2. The van der Waals surface area contributed by atoms with E-state index >= 15 is 0 Å². The maximum atomic E-state index is 13.8. The standard InChI is InChI=1S/C33H52O5/c1-8-9-21-12-17-33(28(36)38-20-26(35)37-7)19-18-31(5)22(27(21)33)10-11-24-30(4)15-14-25(34)29(2,3)23(30)13-16-32(24,31)6/h8-9,21-25,27,34H,10-20H2,1-7H3/b9-8+/t21?,22-,23+,24?,25+,27?,30+,31-,32-,33?/m1/s1. The zero-order chi connectivity index (χ0) is 27.7. The zero-order valence-corrected chi connectivity index (χ0v) is 25.0. The smallest absolute Gasteiger partial charge is 0.344 e. The molecule has 0 aromatic heterocycles. The predicted molar refractivity (Wildman–Crippen MR) is 148 cm³/mol. The van der Waals surface area contributed by atoms with Crippen LogP contribution in [0.15, 0.2) is 12.2 Å². The van der Waals surface area contributed by atoms with Gasteiger partial charge in [-0.3, -0.25) is 4.79 Å². The molecule has 0 radical (unpaired) electrons. The molecule has 10 atom stereocenters. The van der Waals surface area contributed by atoms with Crippen LogP contribution < -0.4 is 0 Å². The van der Waals surface area contributed by atoms with Crippen LogP contribution >= 0.6 is 0 Å². The lowest BCUT2D eigenvalue weighted by Gasteiger charge is -2.72. The number of fused-ring (bicyclic) bond motifs is 7. The number of esters is 2. The molecule has 5 aliphatic rings. The van der Waals surface area contributed by atoms with Gasteiger partial charge in [-0.05, 0) is 122 Å². The summed E-state index contributed by atoms with van der Waals surface area (Å²) in [6.07, 6.45) is 14.9. The van der Waals surface area contributed by atoms with Crippen LogP contribution in [-0.4, -0.2) is 36.9 Å². The number of rotatable bonds is 4. The van der Waals surface area contributed by atoms with Crippen molar-refractivity contribution in [2.75, 3.05) is 13.7 Å². The quantitative estimate of drug-likeness (QED) is 0.324. The third-order valence-electron chi connectivity index (χ3n) is 13.9. The number of aliphatic hydroxyl groups is 1. The summed E-state index contributed by atoms with van der Waals surface area (Å²) in [5, 5.41) is 11.0. The molecule has 0 aliphatic heterocycles. The summed E-state index contributed by atoms with van der Waals surface area (Å²) in [5.74, 6) is 1.63. The summed E-state index contributed by atoms with van der Waals surface area (Å²) in [6, 6.07) is 0. The first kappa shape index (κ1) is 28.2. The van der Waals surface area contributed by atoms with Gasteiger partial charge in [0.15, 0.2) is 6.61 Å². The third-order valence-corrected chi connectivity index (χ3v) is 13.9. The van der Waals surface area contributed by atoms with Crippen molar-refractivity contribution in [1.29, 1.82) is 0 Å². The maximum Gasteiger partial charge on any atom is 0.344 e. The van der Waals surface area contributed by atoms with Crippen LogP contribution in [-0.2, 0) is 19.1 Å². The maximum absolute atomic E-state index is 13.8. The van der Waals surface area contributed by atoms with Crippen molar-refractivity contribution in [2.24, 2.45) is 56.7 Å². The highest BCUT2D eigenvalue weighted by Gasteiger charge is 2.72. The Bertz CT molecular complexity index is 986. The van der Waals surface area contributed by atoms with Crippen molar-refractivity contribution in [3.05, 3.63) is 12.2 Å². The van der Waals surface area contributed by atoms with E-state index in [0.717, 1.165) is 44.9 Å². The molecule has 5 aliphatic carbocycles. The molecule has 5 heteroatoms. The molecule has 5 nitrogen and oxygen atoms in total. The van der Waals surface area contributed by atoms with Crippen LogP contribution in [0, 0.1) is 56.7 Å². The SMILES string of the molecule is C/C=C/C1CCC2(C(=O)OCC(=O)OC)CC[C@]3(C)[C@H](CCC4[C@@]5(C)CC[C@H](O)C(C)(C)[C@@H]5CC[C@]43C)C12. The lowest BCUT2D eigenvalue weighted by Crippen LogP contribution is -2.67. The first-order valence-electron chi connectivity index (χ1n) is 15.4. The Balaban J connectivity index is 1.50. The Morgan fingerprint density at radius 1 is 0.868 bits per heavy atom. The van der Waals surface area contributed by atoms with Gasteiger partial charge in [0.1, 0.15) is 0 Å². The van der Waals surface area contributed by atoms with E-state index in [1.54, 1.807) is 0 Å². The fourth-order valence-electron chi connectivity index (χ4n) is 11.8. The normalized spacial score (nSPS) is 49.4. The van der Waals surface area contributed by atoms with Crippen molar-refractivity contribution in [3.8, 4) is 0 Å². The van der Waals surface area contributed by atoms with Gasteiger partial charge in [0.2, 0.25) is 0 Å². The van der Waals surface area contributed by atoms with Crippen molar-refractivity contribution in [3.63, 3.8) is 0 Å². The topological polar surface area (TPSA) is 72.8 Å². The number of ether oxygens (including phenoxy) is 2. The summed E-state index contributed by atoms with van der Waals surface area (Å²) < 4.78 is 10.4. The average Bonchev–Trinajstić information content (AvgIpc) is 3.25. The van der Waals surface area contributed by atoms with Crippen LogP contribution in [0.4, 0.5) is 0 Å². The molecule has 5 saturated carbocycles. The highest BCUT2D eigenvalue weighted by atomic mass is 16.6. The second kappa shape index (κ2) is 9.35.